The molecule has 3 aliphatic rings. The van der Waals surface area contributed by atoms with E-state index in [0.29, 0.717) is 18.5 Å². The summed E-state index contributed by atoms with van der Waals surface area (Å²) in [6, 6.07) is 22.3. The Kier molecular flexibility index (Phi) is 7.93. The van der Waals surface area contributed by atoms with Gasteiger partial charge in [-0.05, 0) is 104 Å². The van der Waals surface area contributed by atoms with Crippen LogP contribution in [0.2, 0.25) is 0 Å². The van der Waals surface area contributed by atoms with Crippen LogP contribution in [-0.2, 0) is 0 Å². The van der Waals surface area contributed by atoms with Gasteiger partial charge in [-0.25, -0.2) is 4.79 Å². The fourth-order valence-electron chi connectivity index (χ4n) is 7.61. The predicted octanol–water partition coefficient (Wildman–Crippen LogP) is 8.02. The highest BCUT2D eigenvalue weighted by Gasteiger charge is 2.43. The van der Waals surface area contributed by atoms with Crippen molar-refractivity contribution >= 4 is 22.6 Å². The minimum Gasteiger partial charge on any atom is -0.335 e. The molecule has 1 aliphatic carbocycles. The number of hydrogen-bond donors (Lipinski definition) is 2. The number of amides is 2. The van der Waals surface area contributed by atoms with Crippen molar-refractivity contribution in [2.24, 2.45) is 5.92 Å². The van der Waals surface area contributed by atoms with Crippen LogP contribution in [0.15, 0.2) is 60.7 Å². The molecule has 2 fully saturated rings. The van der Waals surface area contributed by atoms with E-state index in [4.69, 9.17) is 0 Å². The normalized spacial score (nSPS) is 24.6. The average molecular weight is 538 g/mol. The van der Waals surface area contributed by atoms with E-state index in [0.717, 1.165) is 42.9 Å². The zero-order valence-corrected chi connectivity index (χ0v) is 24.0. The molecule has 3 aromatic carbocycles. The second-order valence-electron chi connectivity index (χ2n) is 12.3. The Morgan fingerprint density at radius 3 is 2.45 bits per heavy atom. The Morgan fingerprint density at radius 2 is 1.65 bits per heavy atom. The molecule has 40 heavy (non-hydrogen) atoms. The van der Waals surface area contributed by atoms with Gasteiger partial charge < -0.3 is 10.6 Å². The molecule has 2 heterocycles. The number of carbonyl (C=O) groups is 2. The number of hydrogen-bond acceptors (Lipinski definition) is 3. The molecule has 210 valence electrons. The van der Waals surface area contributed by atoms with Crippen LogP contribution in [0.4, 0.5) is 4.79 Å². The topological polar surface area (TPSA) is 61.4 Å². The second kappa shape index (κ2) is 11.7. The number of nitrogens with one attached hydrogen (secondary N) is 2. The Morgan fingerprint density at radius 1 is 0.900 bits per heavy atom. The number of urea groups is 1. The van der Waals surface area contributed by atoms with Gasteiger partial charge in [0, 0.05) is 30.1 Å². The van der Waals surface area contributed by atoms with Crippen molar-refractivity contribution in [3.63, 3.8) is 0 Å². The Hall–Kier alpha value is -3.18. The molecule has 1 saturated carbocycles. The van der Waals surface area contributed by atoms with E-state index in [1.54, 1.807) is 0 Å². The highest BCUT2D eigenvalue weighted by molar-refractivity contribution is 5.96. The fraction of sp³-hybridized carbons (Fsp3) is 0.486. The Balaban J connectivity index is 0.969. The first-order chi connectivity index (χ1) is 19.5. The fourth-order valence-corrected chi connectivity index (χ4v) is 7.61. The third kappa shape index (κ3) is 5.41. The third-order valence-corrected chi connectivity index (χ3v) is 9.73. The first-order valence-corrected chi connectivity index (χ1v) is 15.5. The van der Waals surface area contributed by atoms with Crippen molar-refractivity contribution < 1.29 is 9.59 Å². The van der Waals surface area contributed by atoms with Gasteiger partial charge in [0.15, 0.2) is 5.78 Å². The summed E-state index contributed by atoms with van der Waals surface area (Å²) in [4.78, 5) is 28.0. The van der Waals surface area contributed by atoms with Crippen molar-refractivity contribution in [1.82, 2.24) is 15.5 Å². The molecule has 6 rings (SSSR count). The van der Waals surface area contributed by atoms with Crippen LogP contribution in [0, 0.1) is 5.92 Å². The van der Waals surface area contributed by atoms with Gasteiger partial charge in [-0.1, -0.05) is 61.5 Å². The molecule has 0 spiro atoms. The highest BCUT2D eigenvalue weighted by atomic mass is 16.2. The maximum atomic E-state index is 12.9. The van der Waals surface area contributed by atoms with Crippen molar-refractivity contribution in [1.29, 1.82) is 0 Å². The summed E-state index contributed by atoms with van der Waals surface area (Å²) in [6.45, 7) is 5.27. The zero-order valence-electron chi connectivity index (χ0n) is 24.0. The summed E-state index contributed by atoms with van der Waals surface area (Å²) < 4.78 is 0. The number of rotatable bonds is 9. The highest BCUT2D eigenvalue weighted by Crippen LogP contribution is 2.53. The van der Waals surface area contributed by atoms with Crippen molar-refractivity contribution in [2.75, 3.05) is 6.54 Å². The predicted molar refractivity (Wildman–Crippen MR) is 161 cm³/mol. The second-order valence-corrected chi connectivity index (χ2v) is 12.3. The van der Waals surface area contributed by atoms with Crippen LogP contribution in [0.3, 0.4) is 0 Å². The molecular weight excluding hydrogens is 494 g/mol. The molecule has 0 aromatic heterocycles. The van der Waals surface area contributed by atoms with Crippen LogP contribution in [0.25, 0.3) is 10.8 Å². The van der Waals surface area contributed by atoms with Crippen molar-refractivity contribution in [3.8, 4) is 0 Å². The molecule has 3 aromatic rings. The Bertz CT molecular complexity index is 1370. The van der Waals surface area contributed by atoms with Crippen LogP contribution < -0.4 is 10.6 Å². The molecule has 2 amide bonds. The quantitative estimate of drug-likeness (QED) is 0.272. The van der Waals surface area contributed by atoms with Gasteiger partial charge in [0.2, 0.25) is 0 Å². The van der Waals surface area contributed by atoms with Crippen LogP contribution in [-0.4, -0.2) is 29.3 Å². The molecular formula is C35H43N3O2. The van der Waals surface area contributed by atoms with Gasteiger partial charge in [0.25, 0.3) is 0 Å². The molecule has 0 radical (unpaired) electrons. The minimum absolute atomic E-state index is 0.0526. The average Bonchev–Trinajstić information content (AvgIpc) is 3.52. The minimum atomic E-state index is -0.0629. The first-order valence-electron chi connectivity index (χ1n) is 15.5. The summed E-state index contributed by atoms with van der Waals surface area (Å²) in [5.41, 5.74) is 4.92. The van der Waals surface area contributed by atoms with E-state index in [1.807, 2.05) is 0 Å². The van der Waals surface area contributed by atoms with Gasteiger partial charge >= 0.3 is 6.03 Å². The van der Waals surface area contributed by atoms with E-state index < -0.39 is 0 Å². The number of fused-ring (bicyclic) bond motifs is 6. The van der Waals surface area contributed by atoms with E-state index >= 15 is 0 Å². The Labute approximate surface area is 238 Å². The lowest BCUT2D eigenvalue weighted by atomic mass is 9.84. The zero-order chi connectivity index (χ0) is 27.6. The van der Waals surface area contributed by atoms with Gasteiger partial charge in [-0.3, -0.25) is 9.69 Å². The van der Waals surface area contributed by atoms with E-state index in [9.17, 15) is 9.59 Å². The summed E-state index contributed by atoms with van der Waals surface area (Å²) in [6.07, 6.45) is 9.67. The van der Waals surface area contributed by atoms with Gasteiger partial charge in [-0.15, -0.1) is 0 Å². The van der Waals surface area contributed by atoms with Crippen LogP contribution >= 0.6 is 0 Å². The smallest absolute Gasteiger partial charge is 0.315 e. The number of ketones is 1. The van der Waals surface area contributed by atoms with Crippen LogP contribution in [0.5, 0.6) is 0 Å². The molecule has 2 aliphatic heterocycles. The van der Waals surface area contributed by atoms with E-state index in [2.05, 4.69) is 90.0 Å². The number of carbonyl (C=O) groups excluding carboxylic acids is 2. The summed E-state index contributed by atoms with van der Waals surface area (Å²) in [5, 5.41) is 8.82. The summed E-state index contributed by atoms with van der Waals surface area (Å²) in [5.74, 6) is 1.00. The largest absolute Gasteiger partial charge is 0.335 e. The maximum absolute atomic E-state index is 12.9. The monoisotopic (exact) mass is 537 g/mol. The van der Waals surface area contributed by atoms with Crippen LogP contribution in [0.1, 0.15) is 117 Å². The standard InChI is InChI=1S/C35H43N3O2/c1-3-7-34(39)26-14-17-30-31(22-26)33-19-18-32(30)38(33)21-20-24-12-15-27(16-13-24)37-35(40)36-23(2)28-11-6-9-25-8-4-5-10-29(25)28/h4-6,8-11,14,17,22-24,27,32-33H,3,7,12-13,15-16,18-21H2,1-2H3,(H2,36,37,40)/t23-,24-,27-,32-,33+/m0/s1. The van der Waals surface area contributed by atoms with Gasteiger partial charge in [-0.2, -0.15) is 0 Å². The number of nitrogens with zero attached hydrogens (tertiary/aromatic N) is 1. The molecule has 2 bridgehead atoms. The lowest BCUT2D eigenvalue weighted by Crippen LogP contribution is -2.44. The molecule has 5 heteroatoms. The SMILES string of the molecule is CCCC(=O)c1ccc2c(c1)[C@H]1CC[C@@H]2N1CC[C@H]1CC[C@H](NC(=O)N[C@@H](C)c2cccc3ccccc23)CC1. The third-order valence-electron chi connectivity index (χ3n) is 9.73. The van der Waals surface area contributed by atoms with E-state index in [-0.39, 0.29) is 23.9 Å². The molecule has 3 atom stereocenters. The lowest BCUT2D eigenvalue weighted by molar-refractivity contribution is 0.0981. The van der Waals surface area contributed by atoms with Gasteiger partial charge in [0.1, 0.15) is 0 Å². The van der Waals surface area contributed by atoms with Crippen molar-refractivity contribution in [3.05, 3.63) is 82.9 Å². The van der Waals surface area contributed by atoms with Crippen molar-refractivity contribution in [2.45, 2.75) is 95.8 Å². The van der Waals surface area contributed by atoms with Gasteiger partial charge in [0.05, 0.1) is 6.04 Å². The maximum Gasteiger partial charge on any atom is 0.315 e. The first kappa shape index (κ1) is 27.0. The molecule has 1 saturated heterocycles. The lowest BCUT2D eigenvalue weighted by Gasteiger charge is -2.31. The molecule has 5 nitrogen and oxygen atoms in total. The molecule has 0 unspecified atom stereocenters. The summed E-state index contributed by atoms with van der Waals surface area (Å²) in [7, 11) is 0. The summed E-state index contributed by atoms with van der Waals surface area (Å²) >= 11 is 0. The molecule has 2 N–H and O–H groups in total. The number of benzene rings is 3. The number of Topliss-reactive ketones (excluding diaryl/α,β-unsaturated/α-hetero) is 1. The van der Waals surface area contributed by atoms with E-state index in [1.165, 1.54) is 54.0 Å².